The zero-order chi connectivity index (χ0) is 13.2. The molecule has 2 aliphatic heterocycles. The highest BCUT2D eigenvalue weighted by atomic mass is 19.4. The van der Waals surface area contributed by atoms with E-state index in [9.17, 15) is 18.0 Å². The second-order valence-corrected chi connectivity index (χ2v) is 5.21. The van der Waals surface area contributed by atoms with Crippen LogP contribution in [0.4, 0.5) is 13.2 Å². The highest BCUT2D eigenvalue weighted by Crippen LogP contribution is 2.27. The van der Waals surface area contributed by atoms with Crippen LogP contribution in [0.3, 0.4) is 0 Å². The highest BCUT2D eigenvalue weighted by Gasteiger charge is 2.44. The summed E-state index contributed by atoms with van der Waals surface area (Å²) in [5.41, 5.74) is 0. The molecule has 2 saturated heterocycles. The number of hydrogen-bond acceptors (Lipinski definition) is 2. The Morgan fingerprint density at radius 3 is 2.56 bits per heavy atom. The summed E-state index contributed by atoms with van der Waals surface area (Å²) >= 11 is 0. The van der Waals surface area contributed by atoms with Crippen molar-refractivity contribution in [3.63, 3.8) is 0 Å². The van der Waals surface area contributed by atoms with Gasteiger partial charge >= 0.3 is 12.1 Å². The van der Waals surface area contributed by atoms with Gasteiger partial charge in [0.15, 0.2) is 0 Å². The molecule has 0 radical (unpaired) electrons. The summed E-state index contributed by atoms with van der Waals surface area (Å²) in [4.78, 5) is 12.2. The molecule has 0 aromatic rings. The van der Waals surface area contributed by atoms with Crippen molar-refractivity contribution in [2.75, 3.05) is 19.6 Å². The SMILES string of the molecule is O=C(N1CCC[C@@H]([C@H]2CCCCN2)C1)C(F)(F)F. The van der Waals surface area contributed by atoms with E-state index < -0.39 is 12.1 Å². The number of carbonyl (C=O) groups is 1. The Hall–Kier alpha value is -0.780. The van der Waals surface area contributed by atoms with Crippen LogP contribution in [0.25, 0.3) is 0 Å². The monoisotopic (exact) mass is 264 g/mol. The zero-order valence-corrected chi connectivity index (χ0v) is 10.3. The van der Waals surface area contributed by atoms with Gasteiger partial charge in [0, 0.05) is 19.1 Å². The number of nitrogens with one attached hydrogen (secondary N) is 1. The van der Waals surface area contributed by atoms with Gasteiger partial charge in [-0.15, -0.1) is 0 Å². The number of halogens is 3. The smallest absolute Gasteiger partial charge is 0.335 e. The van der Waals surface area contributed by atoms with Crippen molar-refractivity contribution in [1.82, 2.24) is 10.2 Å². The maximum atomic E-state index is 12.4. The number of rotatable bonds is 1. The molecule has 104 valence electrons. The molecule has 2 rings (SSSR count). The Balaban J connectivity index is 1.93. The third-order valence-electron chi connectivity index (χ3n) is 3.91. The van der Waals surface area contributed by atoms with Crippen LogP contribution in [-0.4, -0.2) is 42.7 Å². The van der Waals surface area contributed by atoms with E-state index in [-0.39, 0.29) is 25.0 Å². The first-order valence-corrected chi connectivity index (χ1v) is 6.58. The molecule has 2 heterocycles. The minimum absolute atomic E-state index is 0.172. The second-order valence-electron chi connectivity index (χ2n) is 5.21. The molecule has 0 spiro atoms. The van der Waals surface area contributed by atoms with Crippen LogP contribution in [0.1, 0.15) is 32.1 Å². The van der Waals surface area contributed by atoms with Gasteiger partial charge in [-0.25, -0.2) is 0 Å². The van der Waals surface area contributed by atoms with Crippen molar-refractivity contribution in [3.8, 4) is 0 Å². The molecule has 18 heavy (non-hydrogen) atoms. The molecule has 2 aliphatic rings. The minimum Gasteiger partial charge on any atom is -0.335 e. The predicted molar refractivity (Wildman–Crippen MR) is 61.0 cm³/mol. The normalized spacial score (nSPS) is 30.3. The van der Waals surface area contributed by atoms with Crippen LogP contribution < -0.4 is 5.32 Å². The first-order chi connectivity index (χ1) is 8.48. The fourth-order valence-electron chi connectivity index (χ4n) is 2.98. The molecule has 0 saturated carbocycles. The van der Waals surface area contributed by atoms with E-state index in [1.807, 2.05) is 0 Å². The Kier molecular flexibility index (Phi) is 4.14. The largest absolute Gasteiger partial charge is 0.471 e. The summed E-state index contributed by atoms with van der Waals surface area (Å²) in [6.45, 7) is 1.42. The maximum absolute atomic E-state index is 12.4. The Labute approximate surface area is 105 Å². The summed E-state index contributed by atoms with van der Waals surface area (Å²) in [6.07, 6.45) is 0.125. The second kappa shape index (κ2) is 5.47. The van der Waals surface area contributed by atoms with E-state index in [0.717, 1.165) is 37.1 Å². The molecular formula is C12H19F3N2O. The average molecular weight is 264 g/mol. The fraction of sp³-hybridized carbons (Fsp3) is 0.917. The van der Waals surface area contributed by atoms with Gasteiger partial charge in [-0.2, -0.15) is 13.2 Å². The van der Waals surface area contributed by atoms with Crippen molar-refractivity contribution in [3.05, 3.63) is 0 Å². The number of likely N-dealkylation sites (tertiary alicyclic amines) is 1. The van der Waals surface area contributed by atoms with Crippen LogP contribution in [0, 0.1) is 5.92 Å². The Morgan fingerprint density at radius 2 is 1.94 bits per heavy atom. The van der Waals surface area contributed by atoms with E-state index in [1.165, 1.54) is 0 Å². The lowest BCUT2D eigenvalue weighted by Crippen LogP contribution is -2.51. The molecule has 6 heteroatoms. The standard InChI is InChI=1S/C12H19F3N2O/c13-12(14,15)11(18)17-7-3-4-9(8-17)10-5-1-2-6-16-10/h9-10,16H,1-8H2/t9-,10-/m1/s1. The lowest BCUT2D eigenvalue weighted by atomic mass is 9.86. The van der Waals surface area contributed by atoms with Gasteiger partial charge in [0.1, 0.15) is 0 Å². The number of carbonyl (C=O) groups excluding carboxylic acids is 1. The molecule has 2 atom stereocenters. The van der Waals surface area contributed by atoms with Crippen LogP contribution in [-0.2, 0) is 4.79 Å². The molecule has 0 unspecified atom stereocenters. The van der Waals surface area contributed by atoms with Crippen molar-refractivity contribution < 1.29 is 18.0 Å². The predicted octanol–water partition coefficient (Wildman–Crippen LogP) is 1.93. The summed E-state index contributed by atoms with van der Waals surface area (Å²) < 4.78 is 37.2. The maximum Gasteiger partial charge on any atom is 0.471 e. The van der Waals surface area contributed by atoms with Crippen molar-refractivity contribution >= 4 is 5.91 Å². The van der Waals surface area contributed by atoms with E-state index in [0.29, 0.717) is 6.42 Å². The van der Waals surface area contributed by atoms with Gasteiger partial charge in [-0.3, -0.25) is 4.79 Å². The average Bonchev–Trinajstić information content (AvgIpc) is 2.38. The fourth-order valence-corrected chi connectivity index (χ4v) is 2.98. The van der Waals surface area contributed by atoms with Crippen molar-refractivity contribution in [2.24, 2.45) is 5.92 Å². The molecule has 0 aromatic heterocycles. The number of alkyl halides is 3. The number of piperidine rings is 2. The van der Waals surface area contributed by atoms with Crippen molar-refractivity contribution in [2.45, 2.75) is 44.3 Å². The summed E-state index contributed by atoms with van der Waals surface area (Å²) in [5, 5.41) is 3.37. The molecule has 2 fully saturated rings. The molecule has 1 N–H and O–H groups in total. The lowest BCUT2D eigenvalue weighted by molar-refractivity contribution is -0.187. The molecule has 0 bridgehead atoms. The molecule has 0 aromatic carbocycles. The van der Waals surface area contributed by atoms with Gasteiger partial charge in [0.25, 0.3) is 0 Å². The highest BCUT2D eigenvalue weighted by molar-refractivity contribution is 5.81. The number of nitrogens with zero attached hydrogens (tertiary/aromatic N) is 1. The molecule has 1 amide bonds. The van der Waals surface area contributed by atoms with Gasteiger partial charge in [0.05, 0.1) is 0 Å². The quantitative estimate of drug-likeness (QED) is 0.785. The molecule has 3 nitrogen and oxygen atoms in total. The molecule has 0 aliphatic carbocycles. The molecular weight excluding hydrogens is 245 g/mol. The van der Waals surface area contributed by atoms with Crippen LogP contribution in [0.2, 0.25) is 0 Å². The topological polar surface area (TPSA) is 32.3 Å². The van der Waals surface area contributed by atoms with Gasteiger partial charge < -0.3 is 10.2 Å². The van der Waals surface area contributed by atoms with Crippen molar-refractivity contribution in [1.29, 1.82) is 0 Å². The van der Waals surface area contributed by atoms with E-state index in [2.05, 4.69) is 5.32 Å². The number of hydrogen-bond donors (Lipinski definition) is 1. The van der Waals surface area contributed by atoms with E-state index in [4.69, 9.17) is 0 Å². The van der Waals surface area contributed by atoms with E-state index in [1.54, 1.807) is 0 Å². The van der Waals surface area contributed by atoms with Gasteiger partial charge in [-0.05, 0) is 38.1 Å². The minimum atomic E-state index is -4.73. The Bertz CT molecular complexity index is 300. The summed E-state index contributed by atoms with van der Waals surface area (Å²) in [6, 6.07) is 0.280. The lowest BCUT2D eigenvalue weighted by Gasteiger charge is -2.39. The first kappa shape index (κ1) is 13.6. The summed E-state index contributed by atoms with van der Waals surface area (Å²) in [7, 11) is 0. The van der Waals surface area contributed by atoms with Crippen LogP contribution in [0.15, 0.2) is 0 Å². The van der Waals surface area contributed by atoms with Gasteiger partial charge in [-0.1, -0.05) is 6.42 Å². The van der Waals surface area contributed by atoms with Crippen LogP contribution in [0.5, 0.6) is 0 Å². The third-order valence-corrected chi connectivity index (χ3v) is 3.91. The first-order valence-electron chi connectivity index (χ1n) is 6.58. The third kappa shape index (κ3) is 3.16. The van der Waals surface area contributed by atoms with Gasteiger partial charge in [0.2, 0.25) is 0 Å². The zero-order valence-electron chi connectivity index (χ0n) is 10.3. The summed E-state index contributed by atoms with van der Waals surface area (Å²) in [5.74, 6) is -1.51. The van der Waals surface area contributed by atoms with E-state index >= 15 is 0 Å². The number of amides is 1. The van der Waals surface area contributed by atoms with Crippen LogP contribution >= 0.6 is 0 Å². The Morgan fingerprint density at radius 1 is 1.17 bits per heavy atom.